The van der Waals surface area contributed by atoms with Gasteiger partial charge in [0.25, 0.3) is 0 Å². The van der Waals surface area contributed by atoms with Gasteiger partial charge in [0.2, 0.25) is 5.91 Å². The van der Waals surface area contributed by atoms with E-state index in [0.717, 1.165) is 10.2 Å². The number of carbonyl (C=O) groups is 2. The molecule has 0 spiro atoms. The van der Waals surface area contributed by atoms with Crippen molar-refractivity contribution in [2.24, 2.45) is 0 Å². The third-order valence-corrected chi connectivity index (χ3v) is 5.28. The van der Waals surface area contributed by atoms with Crippen molar-refractivity contribution in [3.63, 3.8) is 0 Å². The number of thiophene rings is 1. The molecular weight excluding hydrogens is 338 g/mol. The van der Waals surface area contributed by atoms with Crippen LogP contribution < -0.4 is 5.32 Å². The van der Waals surface area contributed by atoms with Crippen molar-refractivity contribution in [3.8, 4) is 0 Å². The molecule has 1 heterocycles. The lowest BCUT2D eigenvalue weighted by Crippen LogP contribution is -2.39. The van der Waals surface area contributed by atoms with Gasteiger partial charge in [-0.1, -0.05) is 0 Å². The highest BCUT2D eigenvalue weighted by Crippen LogP contribution is 2.27. The molecule has 100 valence electrons. The molecule has 1 unspecified atom stereocenters. The summed E-state index contributed by atoms with van der Waals surface area (Å²) in [5, 5.41) is 13.4. The van der Waals surface area contributed by atoms with Gasteiger partial charge in [-0.3, -0.25) is 4.79 Å². The first kappa shape index (κ1) is 15.5. The van der Waals surface area contributed by atoms with Crippen LogP contribution >= 0.6 is 39.0 Å². The van der Waals surface area contributed by atoms with Crippen molar-refractivity contribution in [2.75, 3.05) is 5.75 Å². The fraction of sp³-hybridized carbons (Fsp3) is 0.455. The number of rotatable bonds is 7. The van der Waals surface area contributed by atoms with E-state index in [2.05, 4.69) is 21.2 Å². The fourth-order valence-electron chi connectivity index (χ4n) is 1.30. The number of hydrogen-bond acceptors (Lipinski definition) is 4. The van der Waals surface area contributed by atoms with Gasteiger partial charge in [-0.2, -0.15) is 11.8 Å². The second kappa shape index (κ2) is 7.81. The highest BCUT2D eigenvalue weighted by Gasteiger charge is 2.17. The minimum Gasteiger partial charge on any atom is -0.480 e. The third-order valence-electron chi connectivity index (χ3n) is 2.15. The number of carbonyl (C=O) groups excluding carboxylic acids is 1. The molecule has 1 rings (SSSR count). The molecule has 1 atom stereocenters. The maximum atomic E-state index is 10.9. The van der Waals surface area contributed by atoms with E-state index < -0.39 is 12.0 Å². The number of halogens is 1. The van der Waals surface area contributed by atoms with Crippen LogP contribution in [0.4, 0.5) is 0 Å². The van der Waals surface area contributed by atoms with Gasteiger partial charge in [-0.15, -0.1) is 11.3 Å². The van der Waals surface area contributed by atoms with E-state index in [0.29, 0.717) is 12.2 Å². The number of aliphatic carboxylic acids is 1. The standard InChI is InChI=1S/C11H14BrNO3S2/c1-7(14)13-9(11(15)16)3-4-17-6-10-8(12)2-5-18-10/h2,5,9H,3-4,6H2,1H3,(H,13,14)(H,15,16). The third kappa shape index (κ3) is 5.41. The van der Waals surface area contributed by atoms with Crippen LogP contribution in [0, 0.1) is 0 Å². The molecule has 0 aliphatic rings. The van der Waals surface area contributed by atoms with Gasteiger partial charge < -0.3 is 10.4 Å². The Hall–Kier alpha value is -0.530. The second-order valence-corrected chi connectivity index (χ2v) is 6.58. The molecule has 0 aromatic carbocycles. The Morgan fingerprint density at radius 2 is 2.33 bits per heavy atom. The summed E-state index contributed by atoms with van der Waals surface area (Å²) in [4.78, 5) is 23.0. The summed E-state index contributed by atoms with van der Waals surface area (Å²) in [7, 11) is 0. The smallest absolute Gasteiger partial charge is 0.326 e. The molecule has 1 amide bonds. The first-order valence-corrected chi connectivity index (χ1v) is 8.13. The number of hydrogen-bond donors (Lipinski definition) is 2. The molecular formula is C11H14BrNO3S2. The van der Waals surface area contributed by atoms with E-state index in [9.17, 15) is 9.59 Å². The van der Waals surface area contributed by atoms with Crippen LogP contribution in [0.15, 0.2) is 15.9 Å². The number of amides is 1. The molecule has 1 aromatic rings. The lowest BCUT2D eigenvalue weighted by Gasteiger charge is -2.12. The van der Waals surface area contributed by atoms with Crippen molar-refractivity contribution >= 4 is 50.9 Å². The van der Waals surface area contributed by atoms with Crippen molar-refractivity contribution in [1.82, 2.24) is 5.32 Å². The monoisotopic (exact) mass is 351 g/mol. The predicted octanol–water partition coefficient (Wildman–Crippen LogP) is 2.72. The van der Waals surface area contributed by atoms with Crippen LogP contribution in [0.1, 0.15) is 18.2 Å². The Bertz CT molecular complexity index is 422. The summed E-state index contributed by atoms with van der Waals surface area (Å²) in [6.45, 7) is 1.33. The predicted molar refractivity (Wildman–Crippen MR) is 78.0 cm³/mol. The van der Waals surface area contributed by atoms with Gasteiger partial charge in [0, 0.05) is 22.0 Å². The van der Waals surface area contributed by atoms with Crippen LogP contribution in [0.5, 0.6) is 0 Å². The maximum Gasteiger partial charge on any atom is 0.326 e. The van der Waals surface area contributed by atoms with Gasteiger partial charge in [0.1, 0.15) is 6.04 Å². The summed E-state index contributed by atoms with van der Waals surface area (Å²) in [5.41, 5.74) is 0. The lowest BCUT2D eigenvalue weighted by molar-refractivity contribution is -0.141. The van der Waals surface area contributed by atoms with E-state index in [1.807, 2.05) is 11.4 Å². The highest BCUT2D eigenvalue weighted by atomic mass is 79.9. The zero-order valence-corrected chi connectivity index (χ0v) is 13.0. The molecule has 0 aliphatic carbocycles. The molecule has 0 aliphatic heterocycles. The van der Waals surface area contributed by atoms with Gasteiger partial charge in [0.05, 0.1) is 0 Å². The molecule has 0 saturated heterocycles. The van der Waals surface area contributed by atoms with Gasteiger partial charge in [-0.05, 0) is 39.6 Å². The summed E-state index contributed by atoms with van der Waals surface area (Å²) >= 11 is 6.78. The van der Waals surface area contributed by atoms with Crippen LogP contribution in [0.3, 0.4) is 0 Å². The van der Waals surface area contributed by atoms with E-state index >= 15 is 0 Å². The minimum absolute atomic E-state index is 0.312. The first-order chi connectivity index (χ1) is 8.50. The molecule has 1 aromatic heterocycles. The Morgan fingerprint density at radius 3 is 2.83 bits per heavy atom. The van der Waals surface area contributed by atoms with Crippen LogP contribution in [-0.2, 0) is 15.3 Å². The van der Waals surface area contributed by atoms with Crippen molar-refractivity contribution in [2.45, 2.75) is 25.1 Å². The Kier molecular flexibility index (Phi) is 6.73. The largest absolute Gasteiger partial charge is 0.480 e. The second-order valence-electron chi connectivity index (χ2n) is 3.62. The topological polar surface area (TPSA) is 66.4 Å². The first-order valence-electron chi connectivity index (χ1n) is 5.30. The normalized spacial score (nSPS) is 12.1. The van der Waals surface area contributed by atoms with E-state index in [1.165, 1.54) is 11.8 Å². The number of carboxylic acid groups (broad SMARTS) is 1. The summed E-state index contributed by atoms with van der Waals surface area (Å²) in [6, 6.07) is 1.21. The molecule has 7 heteroatoms. The molecule has 4 nitrogen and oxygen atoms in total. The molecule has 0 radical (unpaired) electrons. The van der Waals surface area contributed by atoms with Crippen LogP contribution in [0.25, 0.3) is 0 Å². The van der Waals surface area contributed by atoms with Gasteiger partial charge in [0.15, 0.2) is 0 Å². The summed E-state index contributed by atoms with van der Waals surface area (Å²) < 4.78 is 1.09. The number of thioether (sulfide) groups is 1. The molecule has 0 fully saturated rings. The van der Waals surface area contributed by atoms with Crippen LogP contribution in [0.2, 0.25) is 0 Å². The number of nitrogens with one attached hydrogen (secondary N) is 1. The molecule has 18 heavy (non-hydrogen) atoms. The summed E-state index contributed by atoms with van der Waals surface area (Å²) in [5.74, 6) is 0.253. The SMILES string of the molecule is CC(=O)NC(CCSCc1sccc1Br)C(=O)O. The average Bonchev–Trinajstić information content (AvgIpc) is 2.68. The van der Waals surface area contributed by atoms with Crippen LogP contribution in [-0.4, -0.2) is 28.8 Å². The zero-order valence-electron chi connectivity index (χ0n) is 9.81. The van der Waals surface area contributed by atoms with E-state index in [-0.39, 0.29) is 5.91 Å². The zero-order chi connectivity index (χ0) is 13.5. The fourth-order valence-corrected chi connectivity index (χ4v) is 4.17. The molecule has 2 N–H and O–H groups in total. The molecule has 0 saturated carbocycles. The Morgan fingerprint density at radius 1 is 1.61 bits per heavy atom. The van der Waals surface area contributed by atoms with E-state index in [4.69, 9.17) is 5.11 Å². The van der Waals surface area contributed by atoms with Gasteiger partial charge in [-0.25, -0.2) is 4.79 Å². The van der Waals surface area contributed by atoms with Gasteiger partial charge >= 0.3 is 5.97 Å². The molecule has 0 bridgehead atoms. The van der Waals surface area contributed by atoms with Crippen molar-refractivity contribution in [3.05, 3.63) is 20.8 Å². The highest BCUT2D eigenvalue weighted by molar-refractivity contribution is 9.10. The van der Waals surface area contributed by atoms with Crippen molar-refractivity contribution in [1.29, 1.82) is 0 Å². The van der Waals surface area contributed by atoms with Crippen molar-refractivity contribution < 1.29 is 14.7 Å². The number of carboxylic acids is 1. The lowest BCUT2D eigenvalue weighted by atomic mass is 10.2. The van der Waals surface area contributed by atoms with E-state index in [1.54, 1.807) is 23.1 Å². The Balaban J connectivity index is 2.29. The maximum absolute atomic E-state index is 10.9. The Labute approximate surface area is 122 Å². The summed E-state index contributed by atoms with van der Waals surface area (Å²) in [6.07, 6.45) is 0.433. The quantitative estimate of drug-likeness (QED) is 0.741. The minimum atomic E-state index is -0.983. The average molecular weight is 352 g/mol.